The molecule has 0 aliphatic heterocycles. The maximum Gasteiger partial charge on any atom is 0.0759 e. The van der Waals surface area contributed by atoms with E-state index in [1.807, 2.05) is 14.1 Å². The second kappa shape index (κ2) is 5.80. The van der Waals surface area contributed by atoms with Gasteiger partial charge in [0.25, 0.3) is 0 Å². The van der Waals surface area contributed by atoms with Crippen LogP contribution in [0.25, 0.3) is 0 Å². The zero-order valence-corrected chi connectivity index (χ0v) is 11.3. The number of hydrogen-bond donors (Lipinski definition) is 3. The smallest absolute Gasteiger partial charge is 0.0759 e. The number of hydrazine groups is 2. The van der Waals surface area contributed by atoms with Crippen LogP contribution >= 0.6 is 0 Å². The Hall–Kier alpha value is -0.940. The molecule has 0 radical (unpaired) electrons. The van der Waals surface area contributed by atoms with Crippen LogP contribution in [0.3, 0.4) is 0 Å². The van der Waals surface area contributed by atoms with Gasteiger partial charge in [-0.15, -0.1) is 0 Å². The molecule has 1 aromatic rings. The molecule has 1 aromatic carbocycles. The number of hydrogen-bond acceptors (Lipinski definition) is 4. The van der Waals surface area contributed by atoms with E-state index in [0.717, 1.165) is 25.7 Å². The van der Waals surface area contributed by atoms with E-state index in [4.69, 9.17) is 5.73 Å². The van der Waals surface area contributed by atoms with Gasteiger partial charge in [-0.2, -0.15) is 5.12 Å². The first-order valence-electron chi connectivity index (χ1n) is 6.69. The van der Waals surface area contributed by atoms with Crippen LogP contribution in [0.15, 0.2) is 30.3 Å². The molecule has 0 unspecified atom stereocenters. The van der Waals surface area contributed by atoms with Gasteiger partial charge in [0.15, 0.2) is 0 Å². The zero-order chi connectivity index (χ0) is 13.0. The van der Waals surface area contributed by atoms with Gasteiger partial charge in [0, 0.05) is 20.1 Å². The van der Waals surface area contributed by atoms with Crippen LogP contribution in [0.5, 0.6) is 0 Å². The fourth-order valence-electron chi connectivity index (χ4n) is 3.05. The van der Waals surface area contributed by atoms with Crippen LogP contribution in [-0.2, 0) is 5.54 Å². The largest absolute Gasteiger partial charge is 0.328 e. The van der Waals surface area contributed by atoms with Gasteiger partial charge in [-0.05, 0) is 31.2 Å². The lowest BCUT2D eigenvalue weighted by Crippen LogP contribution is -2.59. The van der Waals surface area contributed by atoms with Gasteiger partial charge in [0.1, 0.15) is 0 Å². The average Bonchev–Trinajstić information content (AvgIpc) is 2.43. The first-order chi connectivity index (χ1) is 8.73. The van der Waals surface area contributed by atoms with Crippen molar-refractivity contribution in [2.45, 2.75) is 37.3 Å². The third-order valence-electron chi connectivity index (χ3n) is 4.04. The van der Waals surface area contributed by atoms with E-state index in [1.54, 1.807) is 0 Å². The molecule has 0 spiro atoms. The SMILES string of the molecule is CNN(NC)C1(c2ccccc2)CCC(N)CC1. The standard InChI is InChI=1S/C14H24N4/c1-16-18(17-2)14(10-8-13(15)9-11-14)12-6-4-3-5-7-12/h3-7,13,16-17H,8-11,15H2,1-2H3. The molecule has 2 rings (SSSR count). The van der Waals surface area contributed by atoms with Gasteiger partial charge >= 0.3 is 0 Å². The van der Waals surface area contributed by atoms with E-state index in [0.29, 0.717) is 6.04 Å². The van der Waals surface area contributed by atoms with Crippen molar-refractivity contribution in [2.75, 3.05) is 14.1 Å². The molecule has 0 atom stereocenters. The minimum Gasteiger partial charge on any atom is -0.328 e. The molecule has 0 saturated heterocycles. The fourth-order valence-corrected chi connectivity index (χ4v) is 3.05. The number of nitrogens with zero attached hydrogens (tertiary/aromatic N) is 1. The van der Waals surface area contributed by atoms with Crippen LogP contribution in [0, 0.1) is 0 Å². The molecule has 0 amide bonds. The summed E-state index contributed by atoms with van der Waals surface area (Å²) < 4.78 is 0. The van der Waals surface area contributed by atoms with Crippen molar-refractivity contribution >= 4 is 0 Å². The third-order valence-corrected chi connectivity index (χ3v) is 4.04. The second-order valence-corrected chi connectivity index (χ2v) is 5.02. The Kier molecular flexibility index (Phi) is 4.35. The quantitative estimate of drug-likeness (QED) is 0.704. The highest BCUT2D eigenvalue weighted by Crippen LogP contribution is 2.40. The predicted molar refractivity (Wildman–Crippen MR) is 74.5 cm³/mol. The van der Waals surface area contributed by atoms with Gasteiger partial charge in [-0.1, -0.05) is 30.3 Å². The lowest BCUT2D eigenvalue weighted by atomic mass is 9.75. The van der Waals surface area contributed by atoms with Gasteiger partial charge in [-0.3, -0.25) is 0 Å². The predicted octanol–water partition coefficient (Wildman–Crippen LogP) is 1.35. The summed E-state index contributed by atoms with van der Waals surface area (Å²) in [5.41, 5.74) is 13.9. The highest BCUT2D eigenvalue weighted by molar-refractivity contribution is 5.25. The van der Waals surface area contributed by atoms with Gasteiger partial charge < -0.3 is 5.73 Å². The summed E-state index contributed by atoms with van der Waals surface area (Å²) in [6.45, 7) is 0. The fraction of sp³-hybridized carbons (Fsp3) is 0.571. The maximum atomic E-state index is 6.06. The summed E-state index contributed by atoms with van der Waals surface area (Å²) in [4.78, 5) is 0. The van der Waals surface area contributed by atoms with Gasteiger partial charge in [0.05, 0.1) is 5.54 Å². The van der Waals surface area contributed by atoms with Crippen LogP contribution in [0.4, 0.5) is 0 Å². The summed E-state index contributed by atoms with van der Waals surface area (Å²) in [5, 5.41) is 2.12. The Bertz CT molecular complexity index is 353. The Morgan fingerprint density at radius 3 is 2.17 bits per heavy atom. The van der Waals surface area contributed by atoms with Crippen molar-refractivity contribution in [3.05, 3.63) is 35.9 Å². The van der Waals surface area contributed by atoms with E-state index in [-0.39, 0.29) is 5.54 Å². The molecule has 4 nitrogen and oxygen atoms in total. The summed E-state index contributed by atoms with van der Waals surface area (Å²) in [6.07, 6.45) is 4.27. The van der Waals surface area contributed by atoms with Crippen molar-refractivity contribution in [3.63, 3.8) is 0 Å². The molecule has 1 aliphatic carbocycles. The van der Waals surface area contributed by atoms with Crippen molar-refractivity contribution in [2.24, 2.45) is 5.73 Å². The number of nitrogens with two attached hydrogens (primary N) is 1. The first-order valence-corrected chi connectivity index (χ1v) is 6.69. The molecule has 1 aliphatic rings. The van der Waals surface area contributed by atoms with Gasteiger partial charge in [-0.25, -0.2) is 10.9 Å². The molecule has 1 fully saturated rings. The van der Waals surface area contributed by atoms with Crippen molar-refractivity contribution in [1.82, 2.24) is 16.0 Å². The summed E-state index contributed by atoms with van der Waals surface area (Å²) in [5.74, 6) is 0. The zero-order valence-electron chi connectivity index (χ0n) is 11.3. The molecule has 1 saturated carbocycles. The second-order valence-electron chi connectivity index (χ2n) is 5.02. The number of rotatable bonds is 4. The molecular formula is C14H24N4. The lowest BCUT2D eigenvalue weighted by Gasteiger charge is -2.47. The maximum absolute atomic E-state index is 6.06. The Labute approximate surface area is 109 Å². The molecule has 0 bridgehead atoms. The van der Waals surface area contributed by atoms with E-state index in [2.05, 4.69) is 46.3 Å². The lowest BCUT2D eigenvalue weighted by molar-refractivity contribution is -0.0338. The van der Waals surface area contributed by atoms with Gasteiger partial charge in [0.2, 0.25) is 0 Å². The van der Waals surface area contributed by atoms with Crippen LogP contribution in [-0.4, -0.2) is 25.3 Å². The van der Waals surface area contributed by atoms with E-state index in [1.165, 1.54) is 5.56 Å². The van der Waals surface area contributed by atoms with E-state index >= 15 is 0 Å². The van der Waals surface area contributed by atoms with Crippen molar-refractivity contribution in [1.29, 1.82) is 0 Å². The highest BCUT2D eigenvalue weighted by Gasteiger charge is 2.40. The molecular weight excluding hydrogens is 224 g/mol. The van der Waals surface area contributed by atoms with Crippen LogP contribution in [0.1, 0.15) is 31.2 Å². The average molecular weight is 248 g/mol. The molecule has 18 heavy (non-hydrogen) atoms. The Morgan fingerprint density at radius 1 is 1.11 bits per heavy atom. The third kappa shape index (κ3) is 2.42. The van der Waals surface area contributed by atoms with Crippen molar-refractivity contribution < 1.29 is 0 Å². The summed E-state index contributed by atoms with van der Waals surface area (Å²) in [6, 6.07) is 11.0. The number of nitrogens with one attached hydrogen (secondary N) is 2. The Balaban J connectivity index is 2.34. The normalized spacial score (nSPS) is 28.6. The van der Waals surface area contributed by atoms with E-state index < -0.39 is 0 Å². The molecule has 0 aromatic heterocycles. The van der Waals surface area contributed by atoms with Crippen LogP contribution in [0.2, 0.25) is 0 Å². The number of benzene rings is 1. The first kappa shape index (κ1) is 13.5. The van der Waals surface area contributed by atoms with Crippen LogP contribution < -0.4 is 16.6 Å². The Morgan fingerprint density at radius 2 is 1.67 bits per heavy atom. The van der Waals surface area contributed by atoms with Crippen molar-refractivity contribution in [3.8, 4) is 0 Å². The highest BCUT2D eigenvalue weighted by atomic mass is 15.7. The van der Waals surface area contributed by atoms with E-state index in [9.17, 15) is 0 Å². The molecule has 4 heteroatoms. The minimum absolute atomic E-state index is 0.000625. The molecule has 4 N–H and O–H groups in total. The minimum atomic E-state index is 0.000625. The molecule has 0 heterocycles. The topological polar surface area (TPSA) is 53.3 Å². The summed E-state index contributed by atoms with van der Waals surface area (Å²) in [7, 11) is 3.91. The molecule has 100 valence electrons. The summed E-state index contributed by atoms with van der Waals surface area (Å²) >= 11 is 0. The monoisotopic (exact) mass is 248 g/mol.